The number of hydrogen-bond acceptors (Lipinski definition) is 2. The van der Waals surface area contributed by atoms with Gasteiger partial charge in [-0.15, -0.1) is 0 Å². The zero-order valence-electron chi connectivity index (χ0n) is 10.6. The Kier molecular flexibility index (Phi) is 3.11. The van der Waals surface area contributed by atoms with E-state index in [1.165, 1.54) is 0 Å². The molecule has 2 N–H and O–H groups in total. The van der Waals surface area contributed by atoms with E-state index in [9.17, 15) is 9.59 Å². The highest BCUT2D eigenvalue weighted by molar-refractivity contribution is 5.94. The number of amides is 1. The van der Waals surface area contributed by atoms with Crippen molar-refractivity contribution in [3.8, 4) is 0 Å². The summed E-state index contributed by atoms with van der Waals surface area (Å²) in [5.74, 6) is -0.784. The lowest BCUT2D eigenvalue weighted by molar-refractivity contribution is -0.138. The third kappa shape index (κ3) is 2.37. The van der Waals surface area contributed by atoms with E-state index >= 15 is 0 Å². The standard InChI is InChI=1S/C14H17NO3/c1-14(2,8-13(17)18)10-4-3-5-11-9(10)6-7-12(16)15-11/h3-5H,6-8H2,1-2H3,(H,15,16)(H,17,18). The minimum atomic E-state index is -0.808. The summed E-state index contributed by atoms with van der Waals surface area (Å²) in [6, 6.07) is 5.69. The molecule has 2 rings (SSSR count). The van der Waals surface area contributed by atoms with Gasteiger partial charge in [0.2, 0.25) is 5.91 Å². The van der Waals surface area contributed by atoms with Crippen LogP contribution in [0.25, 0.3) is 0 Å². The van der Waals surface area contributed by atoms with Crippen LogP contribution < -0.4 is 5.32 Å². The Morgan fingerprint density at radius 1 is 1.39 bits per heavy atom. The van der Waals surface area contributed by atoms with Crippen LogP contribution in [0.4, 0.5) is 5.69 Å². The first-order valence-electron chi connectivity index (χ1n) is 6.04. The summed E-state index contributed by atoms with van der Waals surface area (Å²) in [4.78, 5) is 22.3. The second-order valence-electron chi connectivity index (χ2n) is 5.33. The average Bonchev–Trinajstić information content (AvgIpc) is 2.26. The van der Waals surface area contributed by atoms with Gasteiger partial charge in [0, 0.05) is 17.5 Å². The normalized spacial score (nSPS) is 14.9. The number of aliphatic carboxylic acids is 1. The van der Waals surface area contributed by atoms with Crippen molar-refractivity contribution in [3.05, 3.63) is 29.3 Å². The molecule has 1 amide bonds. The Balaban J connectivity index is 2.43. The quantitative estimate of drug-likeness (QED) is 0.861. The molecular formula is C14H17NO3. The smallest absolute Gasteiger partial charge is 0.304 e. The maximum absolute atomic E-state index is 11.4. The van der Waals surface area contributed by atoms with E-state index in [0.717, 1.165) is 16.8 Å². The van der Waals surface area contributed by atoms with Crippen molar-refractivity contribution in [1.82, 2.24) is 0 Å². The van der Waals surface area contributed by atoms with Gasteiger partial charge in [-0.2, -0.15) is 0 Å². The van der Waals surface area contributed by atoms with Crippen molar-refractivity contribution >= 4 is 17.6 Å². The lowest BCUT2D eigenvalue weighted by Crippen LogP contribution is -2.27. The molecular weight excluding hydrogens is 230 g/mol. The lowest BCUT2D eigenvalue weighted by Gasteiger charge is -2.29. The molecule has 18 heavy (non-hydrogen) atoms. The molecule has 0 saturated heterocycles. The third-order valence-corrected chi connectivity index (χ3v) is 3.37. The highest BCUT2D eigenvalue weighted by Gasteiger charge is 2.29. The van der Waals surface area contributed by atoms with Gasteiger partial charge in [-0.05, 0) is 23.6 Å². The Labute approximate surface area is 106 Å². The van der Waals surface area contributed by atoms with Gasteiger partial charge >= 0.3 is 5.97 Å². The molecule has 0 aromatic heterocycles. The molecule has 0 bridgehead atoms. The molecule has 0 spiro atoms. The van der Waals surface area contributed by atoms with E-state index in [4.69, 9.17) is 5.11 Å². The minimum Gasteiger partial charge on any atom is -0.481 e. The van der Waals surface area contributed by atoms with Crippen LogP contribution in [0.5, 0.6) is 0 Å². The molecule has 0 fully saturated rings. The minimum absolute atomic E-state index is 0.0238. The lowest BCUT2D eigenvalue weighted by atomic mass is 9.77. The molecule has 4 heteroatoms. The molecule has 1 aliphatic rings. The fourth-order valence-electron chi connectivity index (χ4n) is 2.53. The van der Waals surface area contributed by atoms with Crippen LogP contribution in [0, 0.1) is 0 Å². The zero-order valence-corrected chi connectivity index (χ0v) is 10.6. The Hall–Kier alpha value is -1.84. The van der Waals surface area contributed by atoms with Crippen LogP contribution in [-0.4, -0.2) is 17.0 Å². The maximum atomic E-state index is 11.4. The van der Waals surface area contributed by atoms with Crippen molar-refractivity contribution in [3.63, 3.8) is 0 Å². The monoisotopic (exact) mass is 247 g/mol. The molecule has 0 unspecified atom stereocenters. The number of hydrogen-bond donors (Lipinski definition) is 2. The van der Waals surface area contributed by atoms with Crippen molar-refractivity contribution in [2.24, 2.45) is 0 Å². The van der Waals surface area contributed by atoms with E-state index in [-0.39, 0.29) is 12.3 Å². The average molecular weight is 247 g/mol. The van der Waals surface area contributed by atoms with Crippen LogP contribution in [0.1, 0.15) is 37.8 Å². The molecule has 1 aromatic rings. The van der Waals surface area contributed by atoms with E-state index in [1.54, 1.807) is 0 Å². The van der Waals surface area contributed by atoms with E-state index < -0.39 is 11.4 Å². The summed E-state index contributed by atoms with van der Waals surface area (Å²) in [6.07, 6.45) is 1.23. The number of carboxylic acids is 1. The number of nitrogens with one attached hydrogen (secondary N) is 1. The maximum Gasteiger partial charge on any atom is 0.304 e. The van der Waals surface area contributed by atoms with E-state index in [2.05, 4.69) is 5.32 Å². The van der Waals surface area contributed by atoms with Crippen LogP contribution in [0.3, 0.4) is 0 Å². The highest BCUT2D eigenvalue weighted by atomic mass is 16.4. The number of anilines is 1. The summed E-state index contributed by atoms with van der Waals surface area (Å²) in [5, 5.41) is 11.8. The highest BCUT2D eigenvalue weighted by Crippen LogP contribution is 2.35. The fourth-order valence-corrected chi connectivity index (χ4v) is 2.53. The van der Waals surface area contributed by atoms with Crippen LogP contribution in [0.15, 0.2) is 18.2 Å². The molecule has 0 saturated carbocycles. The summed E-state index contributed by atoms with van der Waals surface area (Å²) in [5.41, 5.74) is 2.48. The number of rotatable bonds is 3. The van der Waals surface area contributed by atoms with Crippen molar-refractivity contribution in [1.29, 1.82) is 0 Å². The summed E-state index contributed by atoms with van der Waals surface area (Å²) in [6.45, 7) is 3.85. The van der Waals surface area contributed by atoms with E-state index in [1.807, 2.05) is 32.0 Å². The summed E-state index contributed by atoms with van der Waals surface area (Å²) < 4.78 is 0. The Bertz CT molecular complexity index is 506. The van der Waals surface area contributed by atoms with Gasteiger partial charge in [-0.1, -0.05) is 26.0 Å². The van der Waals surface area contributed by atoms with Crippen molar-refractivity contribution in [2.75, 3.05) is 5.32 Å². The predicted molar refractivity (Wildman–Crippen MR) is 68.7 cm³/mol. The fraction of sp³-hybridized carbons (Fsp3) is 0.429. The molecule has 1 aliphatic heterocycles. The molecule has 1 heterocycles. The Morgan fingerprint density at radius 3 is 2.78 bits per heavy atom. The second-order valence-corrected chi connectivity index (χ2v) is 5.33. The van der Waals surface area contributed by atoms with Crippen LogP contribution in [0.2, 0.25) is 0 Å². The Morgan fingerprint density at radius 2 is 2.11 bits per heavy atom. The summed E-state index contributed by atoms with van der Waals surface area (Å²) in [7, 11) is 0. The van der Waals surface area contributed by atoms with Gasteiger partial charge in [0.05, 0.1) is 6.42 Å². The van der Waals surface area contributed by atoms with Gasteiger partial charge in [0.15, 0.2) is 0 Å². The topological polar surface area (TPSA) is 66.4 Å². The predicted octanol–water partition coefficient (Wildman–Crippen LogP) is 2.32. The number of carbonyl (C=O) groups excluding carboxylic acids is 1. The number of fused-ring (bicyclic) bond motifs is 1. The number of carboxylic acid groups (broad SMARTS) is 1. The van der Waals surface area contributed by atoms with E-state index in [0.29, 0.717) is 12.8 Å². The molecule has 0 radical (unpaired) electrons. The van der Waals surface area contributed by atoms with Crippen LogP contribution >= 0.6 is 0 Å². The van der Waals surface area contributed by atoms with Gasteiger partial charge in [0.25, 0.3) is 0 Å². The first kappa shape index (κ1) is 12.6. The first-order valence-corrected chi connectivity index (χ1v) is 6.04. The molecule has 1 aromatic carbocycles. The molecule has 96 valence electrons. The van der Waals surface area contributed by atoms with Gasteiger partial charge in [-0.25, -0.2) is 0 Å². The molecule has 0 atom stereocenters. The van der Waals surface area contributed by atoms with Crippen LogP contribution in [-0.2, 0) is 21.4 Å². The number of benzene rings is 1. The largest absolute Gasteiger partial charge is 0.481 e. The van der Waals surface area contributed by atoms with Gasteiger partial charge in [0.1, 0.15) is 0 Å². The van der Waals surface area contributed by atoms with Crippen molar-refractivity contribution in [2.45, 2.75) is 38.5 Å². The molecule has 4 nitrogen and oxygen atoms in total. The first-order chi connectivity index (χ1) is 8.40. The summed E-state index contributed by atoms with van der Waals surface area (Å²) >= 11 is 0. The van der Waals surface area contributed by atoms with Gasteiger partial charge in [-0.3, -0.25) is 9.59 Å². The van der Waals surface area contributed by atoms with Gasteiger partial charge < -0.3 is 10.4 Å². The third-order valence-electron chi connectivity index (χ3n) is 3.37. The SMILES string of the molecule is CC(C)(CC(=O)O)c1cccc2c1CCC(=O)N2. The molecule has 0 aliphatic carbocycles. The zero-order chi connectivity index (χ0) is 13.3. The van der Waals surface area contributed by atoms with Crippen molar-refractivity contribution < 1.29 is 14.7 Å². The number of carbonyl (C=O) groups is 2. The second kappa shape index (κ2) is 4.44.